The first-order valence-corrected chi connectivity index (χ1v) is 9.74. The molecule has 0 amide bonds. The van der Waals surface area contributed by atoms with E-state index in [4.69, 9.17) is 9.72 Å². The number of pyridine rings is 1. The van der Waals surface area contributed by atoms with E-state index in [9.17, 15) is 0 Å². The SMILES string of the molecule is C=CCSc1nc(C)nc2c1sc1nc3c(cc12)COC(C)(C)C3. The molecule has 4 heterocycles. The van der Waals surface area contributed by atoms with Crippen LogP contribution in [-0.4, -0.2) is 26.3 Å². The van der Waals surface area contributed by atoms with Gasteiger partial charge in [0.1, 0.15) is 15.7 Å². The second-order valence-corrected chi connectivity index (χ2v) is 8.64. The topological polar surface area (TPSA) is 47.9 Å². The van der Waals surface area contributed by atoms with Gasteiger partial charge in [0, 0.05) is 23.1 Å². The predicted molar refractivity (Wildman–Crippen MR) is 101 cm³/mol. The highest BCUT2D eigenvalue weighted by Gasteiger charge is 2.28. The lowest BCUT2D eigenvalue weighted by atomic mass is 9.95. The van der Waals surface area contributed by atoms with Crippen LogP contribution in [0.5, 0.6) is 0 Å². The van der Waals surface area contributed by atoms with Gasteiger partial charge in [-0.25, -0.2) is 15.0 Å². The van der Waals surface area contributed by atoms with Crippen LogP contribution in [0.4, 0.5) is 0 Å². The Morgan fingerprint density at radius 3 is 3.00 bits per heavy atom. The number of hydrogen-bond donors (Lipinski definition) is 0. The molecule has 0 aliphatic carbocycles. The van der Waals surface area contributed by atoms with Gasteiger partial charge in [-0.3, -0.25) is 0 Å². The Kier molecular flexibility index (Phi) is 3.86. The summed E-state index contributed by atoms with van der Waals surface area (Å²) in [5.41, 5.74) is 3.19. The molecule has 0 spiro atoms. The minimum atomic E-state index is -0.147. The molecule has 6 heteroatoms. The highest BCUT2D eigenvalue weighted by Crippen LogP contribution is 2.39. The first-order chi connectivity index (χ1) is 11.5. The Morgan fingerprint density at radius 1 is 1.38 bits per heavy atom. The summed E-state index contributed by atoms with van der Waals surface area (Å²) in [6.45, 7) is 10.6. The van der Waals surface area contributed by atoms with Gasteiger partial charge in [0.05, 0.1) is 28.1 Å². The van der Waals surface area contributed by atoms with E-state index in [1.165, 1.54) is 5.56 Å². The Morgan fingerprint density at radius 2 is 2.21 bits per heavy atom. The van der Waals surface area contributed by atoms with Gasteiger partial charge in [0.2, 0.25) is 0 Å². The fourth-order valence-electron chi connectivity index (χ4n) is 2.97. The lowest BCUT2D eigenvalue weighted by molar-refractivity contribution is -0.0411. The van der Waals surface area contributed by atoms with Crippen molar-refractivity contribution in [2.45, 2.75) is 44.4 Å². The van der Waals surface area contributed by atoms with E-state index < -0.39 is 0 Å². The molecular formula is C18H19N3OS2. The number of ether oxygens (including phenoxy) is 1. The minimum absolute atomic E-state index is 0.147. The van der Waals surface area contributed by atoms with Crippen molar-refractivity contribution in [1.82, 2.24) is 15.0 Å². The Labute approximate surface area is 149 Å². The first kappa shape index (κ1) is 16.0. The second-order valence-electron chi connectivity index (χ2n) is 6.63. The molecule has 0 atom stereocenters. The van der Waals surface area contributed by atoms with Crippen molar-refractivity contribution >= 4 is 43.5 Å². The van der Waals surface area contributed by atoms with Crippen molar-refractivity contribution in [1.29, 1.82) is 0 Å². The third-order valence-electron chi connectivity index (χ3n) is 4.11. The molecule has 24 heavy (non-hydrogen) atoms. The first-order valence-electron chi connectivity index (χ1n) is 7.94. The molecule has 0 radical (unpaired) electrons. The van der Waals surface area contributed by atoms with Crippen LogP contribution >= 0.6 is 23.1 Å². The number of rotatable bonds is 3. The summed E-state index contributed by atoms with van der Waals surface area (Å²) in [5, 5.41) is 2.14. The van der Waals surface area contributed by atoms with Crippen LogP contribution in [0.25, 0.3) is 20.4 Å². The van der Waals surface area contributed by atoms with Gasteiger partial charge in [-0.1, -0.05) is 6.08 Å². The molecule has 0 aromatic carbocycles. The van der Waals surface area contributed by atoms with Crippen molar-refractivity contribution in [3.63, 3.8) is 0 Å². The normalized spacial score (nSPS) is 16.5. The molecule has 3 aromatic rings. The standard InChI is InChI=1S/C18H19N3OS2/c1-5-6-23-17-15-14(19-10(2)20-17)12-7-11-9-22-18(3,4)8-13(11)21-16(12)24-15/h5,7H,1,6,8-9H2,2-4H3. The molecule has 0 N–H and O–H groups in total. The van der Waals surface area contributed by atoms with Crippen LogP contribution < -0.4 is 0 Å². The zero-order chi connectivity index (χ0) is 16.9. The number of fused-ring (bicyclic) bond motifs is 4. The summed E-state index contributed by atoms with van der Waals surface area (Å²) < 4.78 is 7.07. The molecule has 1 aliphatic heterocycles. The number of hydrogen-bond acceptors (Lipinski definition) is 6. The van der Waals surface area contributed by atoms with Gasteiger partial charge in [0.15, 0.2) is 0 Å². The summed E-state index contributed by atoms with van der Waals surface area (Å²) in [6, 6.07) is 2.21. The maximum Gasteiger partial charge on any atom is 0.127 e. The minimum Gasteiger partial charge on any atom is -0.370 e. The molecule has 0 bridgehead atoms. The largest absolute Gasteiger partial charge is 0.370 e. The Balaban J connectivity index is 1.93. The highest BCUT2D eigenvalue weighted by atomic mass is 32.2. The second kappa shape index (κ2) is 5.79. The molecular weight excluding hydrogens is 338 g/mol. The molecule has 0 fully saturated rings. The van der Waals surface area contributed by atoms with Crippen LogP contribution in [0, 0.1) is 6.92 Å². The van der Waals surface area contributed by atoms with Gasteiger partial charge in [-0.2, -0.15) is 0 Å². The zero-order valence-electron chi connectivity index (χ0n) is 14.0. The molecule has 0 saturated carbocycles. The maximum absolute atomic E-state index is 5.95. The molecule has 3 aromatic heterocycles. The van der Waals surface area contributed by atoms with Crippen LogP contribution in [0.15, 0.2) is 23.7 Å². The smallest absolute Gasteiger partial charge is 0.127 e. The van der Waals surface area contributed by atoms with E-state index in [2.05, 4.69) is 36.5 Å². The molecule has 4 rings (SSSR count). The van der Waals surface area contributed by atoms with E-state index in [0.717, 1.165) is 49.2 Å². The van der Waals surface area contributed by atoms with Crippen LogP contribution in [-0.2, 0) is 17.8 Å². The number of aromatic nitrogens is 3. The quantitative estimate of drug-likeness (QED) is 0.387. The Bertz CT molecular complexity index is 962. The fourth-order valence-corrected chi connectivity index (χ4v) is 4.97. The van der Waals surface area contributed by atoms with Crippen molar-refractivity contribution < 1.29 is 4.74 Å². The van der Waals surface area contributed by atoms with E-state index in [1.807, 2.05) is 13.0 Å². The summed E-state index contributed by atoms with van der Waals surface area (Å²) >= 11 is 3.39. The van der Waals surface area contributed by atoms with Crippen LogP contribution in [0.2, 0.25) is 0 Å². The van der Waals surface area contributed by atoms with Crippen LogP contribution in [0.3, 0.4) is 0 Å². The van der Waals surface area contributed by atoms with E-state index >= 15 is 0 Å². The van der Waals surface area contributed by atoms with Gasteiger partial charge in [-0.15, -0.1) is 29.7 Å². The molecule has 4 nitrogen and oxygen atoms in total. The van der Waals surface area contributed by atoms with E-state index in [0.29, 0.717) is 6.61 Å². The number of thiophene rings is 1. The summed E-state index contributed by atoms with van der Waals surface area (Å²) in [7, 11) is 0. The van der Waals surface area contributed by atoms with E-state index in [1.54, 1.807) is 23.1 Å². The lowest BCUT2D eigenvalue weighted by Crippen LogP contribution is -2.32. The lowest BCUT2D eigenvalue weighted by Gasteiger charge is -2.30. The molecule has 124 valence electrons. The maximum atomic E-state index is 5.95. The molecule has 0 saturated heterocycles. The predicted octanol–water partition coefficient (Wildman–Crippen LogP) is 4.68. The van der Waals surface area contributed by atoms with Crippen molar-refractivity contribution in [2.24, 2.45) is 0 Å². The number of aryl methyl sites for hydroxylation is 1. The van der Waals surface area contributed by atoms with Gasteiger partial charge in [0.25, 0.3) is 0 Å². The van der Waals surface area contributed by atoms with Crippen molar-refractivity contribution in [2.75, 3.05) is 5.75 Å². The van der Waals surface area contributed by atoms with E-state index in [-0.39, 0.29) is 5.60 Å². The molecule has 0 unspecified atom stereocenters. The fraction of sp³-hybridized carbons (Fsp3) is 0.389. The average Bonchev–Trinajstić information content (AvgIpc) is 2.87. The van der Waals surface area contributed by atoms with Crippen molar-refractivity contribution in [3.05, 3.63) is 35.8 Å². The van der Waals surface area contributed by atoms with Crippen LogP contribution in [0.1, 0.15) is 30.9 Å². The summed E-state index contributed by atoms with van der Waals surface area (Å²) in [6.07, 6.45) is 2.74. The van der Waals surface area contributed by atoms with Gasteiger partial charge < -0.3 is 4.74 Å². The third kappa shape index (κ3) is 2.72. The summed E-state index contributed by atoms with van der Waals surface area (Å²) in [5.74, 6) is 1.63. The zero-order valence-corrected chi connectivity index (χ0v) is 15.7. The van der Waals surface area contributed by atoms with Crippen molar-refractivity contribution in [3.8, 4) is 0 Å². The molecule has 1 aliphatic rings. The average molecular weight is 358 g/mol. The van der Waals surface area contributed by atoms with Gasteiger partial charge >= 0.3 is 0 Å². The highest BCUT2D eigenvalue weighted by molar-refractivity contribution is 7.99. The third-order valence-corrected chi connectivity index (χ3v) is 6.30. The number of nitrogens with zero attached hydrogens (tertiary/aromatic N) is 3. The Hall–Kier alpha value is -1.50. The monoisotopic (exact) mass is 357 g/mol. The summed E-state index contributed by atoms with van der Waals surface area (Å²) in [4.78, 5) is 15.3. The van der Waals surface area contributed by atoms with Gasteiger partial charge in [-0.05, 0) is 26.8 Å². The number of thioether (sulfide) groups is 1.